The molecule has 0 fully saturated rings. The van der Waals surface area contributed by atoms with Crippen LogP contribution >= 0.6 is 0 Å². The summed E-state index contributed by atoms with van der Waals surface area (Å²) in [5.74, 6) is 0. The van der Waals surface area contributed by atoms with E-state index in [1.807, 2.05) is 0 Å². The van der Waals surface area contributed by atoms with Gasteiger partial charge in [0.05, 0.1) is 0 Å². The van der Waals surface area contributed by atoms with Crippen LogP contribution in [0.25, 0.3) is 60.8 Å². The quantitative estimate of drug-likeness (QED) is 0.191. The van der Waals surface area contributed by atoms with Crippen molar-refractivity contribution in [3.05, 3.63) is 177 Å². The maximum Gasteiger partial charge on any atom is -0.0184 e. The third kappa shape index (κ3) is 5.93. The standard InChI is InChI=1S/C40H30/c1-2-12-32-23-24-34-14-5-6-16-36(34)27-28-38-18-9-10-20-40(38)30-29-39-19-8-7-17-37(39)26-25-35-15-4-3-13-33(35)22-21-31(32)11-1/h1-30H/b22-21-,24-23-,26-25?,28-27?,30-29-,31-21?,32-23?,33-22?,34-24?,35-25?,36-27?,37-26?,38-28?,39-29?,40-30?. The number of rotatable bonds is 0. The molecule has 0 spiro atoms. The van der Waals surface area contributed by atoms with Crippen LogP contribution in [0.3, 0.4) is 0 Å². The van der Waals surface area contributed by atoms with Crippen LogP contribution in [0.2, 0.25) is 0 Å². The molecule has 1 aliphatic carbocycles. The van der Waals surface area contributed by atoms with E-state index in [4.69, 9.17) is 0 Å². The lowest BCUT2D eigenvalue weighted by molar-refractivity contribution is 1.58. The molecular weight excluding hydrogens is 480 g/mol. The Morgan fingerprint density at radius 2 is 0.250 bits per heavy atom. The normalized spacial score (nSPS) is 14.9. The molecule has 0 saturated heterocycles. The van der Waals surface area contributed by atoms with E-state index in [2.05, 4.69) is 182 Å². The van der Waals surface area contributed by atoms with Crippen molar-refractivity contribution < 1.29 is 0 Å². The van der Waals surface area contributed by atoms with E-state index in [0.717, 1.165) is 0 Å². The second-order valence-corrected chi connectivity index (χ2v) is 9.81. The summed E-state index contributed by atoms with van der Waals surface area (Å²) in [7, 11) is 0. The molecule has 0 nitrogen and oxygen atoms in total. The molecule has 0 heterocycles. The van der Waals surface area contributed by atoms with Gasteiger partial charge in [0.2, 0.25) is 0 Å². The number of hydrogen-bond acceptors (Lipinski definition) is 0. The highest BCUT2D eigenvalue weighted by Gasteiger charge is 2.02. The van der Waals surface area contributed by atoms with Gasteiger partial charge in [-0.15, -0.1) is 0 Å². The Hall–Kier alpha value is -5.20. The monoisotopic (exact) mass is 510 g/mol. The van der Waals surface area contributed by atoms with E-state index in [-0.39, 0.29) is 0 Å². The first-order valence-corrected chi connectivity index (χ1v) is 13.7. The fourth-order valence-corrected chi connectivity index (χ4v) is 4.97. The van der Waals surface area contributed by atoms with Crippen molar-refractivity contribution >= 4 is 60.8 Å². The van der Waals surface area contributed by atoms with E-state index in [0.29, 0.717) is 0 Å². The zero-order valence-corrected chi connectivity index (χ0v) is 22.3. The fourth-order valence-electron chi connectivity index (χ4n) is 4.97. The first kappa shape index (κ1) is 25.1. The average Bonchev–Trinajstić information content (AvgIpc) is 3.01. The zero-order valence-electron chi connectivity index (χ0n) is 22.3. The Bertz CT molecular complexity index is 1350. The van der Waals surface area contributed by atoms with Crippen molar-refractivity contribution in [2.75, 3.05) is 0 Å². The van der Waals surface area contributed by atoms with Crippen LogP contribution in [0.15, 0.2) is 121 Å². The summed E-state index contributed by atoms with van der Waals surface area (Å²) in [6, 6.07) is 42.7. The molecular formula is C40H30. The van der Waals surface area contributed by atoms with Gasteiger partial charge in [-0.1, -0.05) is 182 Å². The molecule has 190 valence electrons. The molecule has 0 aromatic heterocycles. The molecule has 0 saturated carbocycles. The smallest absolute Gasteiger partial charge is 0.0184 e. The van der Waals surface area contributed by atoms with E-state index in [1.165, 1.54) is 55.6 Å². The van der Waals surface area contributed by atoms with Crippen LogP contribution in [0, 0.1) is 0 Å². The summed E-state index contributed by atoms with van der Waals surface area (Å²) in [5.41, 5.74) is 11.8. The van der Waals surface area contributed by atoms with Gasteiger partial charge in [0, 0.05) is 0 Å². The van der Waals surface area contributed by atoms with E-state index in [9.17, 15) is 0 Å². The molecule has 5 aromatic rings. The topological polar surface area (TPSA) is 0 Å². The molecule has 0 amide bonds. The van der Waals surface area contributed by atoms with Gasteiger partial charge in [0.15, 0.2) is 0 Å². The van der Waals surface area contributed by atoms with Crippen LogP contribution in [0.1, 0.15) is 55.6 Å². The van der Waals surface area contributed by atoms with Crippen LogP contribution in [-0.4, -0.2) is 0 Å². The van der Waals surface area contributed by atoms with E-state index < -0.39 is 0 Å². The molecule has 0 bridgehead atoms. The minimum Gasteiger partial charge on any atom is -0.0616 e. The highest BCUT2D eigenvalue weighted by molar-refractivity contribution is 5.87. The maximum absolute atomic E-state index is 2.21. The maximum atomic E-state index is 2.21. The predicted molar refractivity (Wildman–Crippen MR) is 177 cm³/mol. The van der Waals surface area contributed by atoms with Crippen molar-refractivity contribution in [3.8, 4) is 0 Å². The van der Waals surface area contributed by atoms with Crippen LogP contribution in [0.5, 0.6) is 0 Å². The summed E-state index contributed by atoms with van der Waals surface area (Å²) < 4.78 is 0. The summed E-state index contributed by atoms with van der Waals surface area (Å²) >= 11 is 0. The molecule has 0 atom stereocenters. The first-order valence-electron chi connectivity index (χ1n) is 13.7. The summed E-state index contributed by atoms with van der Waals surface area (Å²) in [6.07, 6.45) is 22.1. The Kier molecular flexibility index (Phi) is 7.60. The lowest BCUT2D eigenvalue weighted by Gasteiger charge is -2.06. The Morgan fingerprint density at radius 3 is 0.350 bits per heavy atom. The van der Waals surface area contributed by atoms with Crippen molar-refractivity contribution in [2.45, 2.75) is 0 Å². The summed E-state index contributed by atoms with van der Waals surface area (Å²) in [6.45, 7) is 0. The molecule has 6 rings (SSSR count). The fraction of sp³-hybridized carbons (Fsp3) is 0. The number of hydrogen-bond donors (Lipinski definition) is 0. The molecule has 0 unspecified atom stereocenters. The number of benzene rings is 5. The van der Waals surface area contributed by atoms with E-state index in [1.54, 1.807) is 0 Å². The molecule has 5 aromatic carbocycles. The van der Waals surface area contributed by atoms with Crippen molar-refractivity contribution in [3.63, 3.8) is 0 Å². The van der Waals surface area contributed by atoms with Crippen LogP contribution in [-0.2, 0) is 0 Å². The second kappa shape index (κ2) is 12.1. The van der Waals surface area contributed by atoms with Gasteiger partial charge in [0.25, 0.3) is 0 Å². The van der Waals surface area contributed by atoms with Crippen molar-refractivity contribution in [1.82, 2.24) is 0 Å². The van der Waals surface area contributed by atoms with Crippen LogP contribution in [0.4, 0.5) is 0 Å². The van der Waals surface area contributed by atoms with Gasteiger partial charge >= 0.3 is 0 Å². The Morgan fingerprint density at radius 1 is 0.150 bits per heavy atom. The third-order valence-electron chi connectivity index (χ3n) is 7.19. The largest absolute Gasteiger partial charge is 0.0616 e. The molecule has 0 aliphatic heterocycles. The lowest BCUT2D eigenvalue weighted by Crippen LogP contribution is -1.85. The SMILES string of the molecule is C1=Cc2ccccc2/C=C\c2ccccc2/C=C\c2ccccc2C=Cc2ccccc2/C=C\c2ccccc21. The molecule has 0 radical (unpaired) electrons. The highest BCUT2D eigenvalue weighted by atomic mass is 14.1. The predicted octanol–water partition coefficient (Wildman–Crippen LogP) is 10.9. The van der Waals surface area contributed by atoms with Gasteiger partial charge < -0.3 is 0 Å². The average molecular weight is 511 g/mol. The van der Waals surface area contributed by atoms with Gasteiger partial charge in [-0.2, -0.15) is 0 Å². The van der Waals surface area contributed by atoms with Gasteiger partial charge in [-0.25, -0.2) is 0 Å². The minimum atomic E-state index is 1.18. The second-order valence-electron chi connectivity index (χ2n) is 9.81. The third-order valence-corrected chi connectivity index (χ3v) is 7.19. The molecule has 0 N–H and O–H groups in total. The minimum absolute atomic E-state index is 1.18. The first-order chi connectivity index (χ1) is 19.8. The summed E-state index contributed by atoms with van der Waals surface area (Å²) in [5, 5.41) is 0. The number of fused-ring (bicyclic) bond motifs is 5. The Labute approximate surface area is 237 Å². The molecule has 1 aliphatic rings. The van der Waals surface area contributed by atoms with Crippen molar-refractivity contribution in [2.24, 2.45) is 0 Å². The highest BCUT2D eigenvalue weighted by Crippen LogP contribution is 2.24. The van der Waals surface area contributed by atoms with E-state index >= 15 is 0 Å². The van der Waals surface area contributed by atoms with Crippen LogP contribution < -0.4 is 0 Å². The van der Waals surface area contributed by atoms with Gasteiger partial charge in [0.1, 0.15) is 0 Å². The van der Waals surface area contributed by atoms with Gasteiger partial charge in [-0.3, -0.25) is 0 Å². The van der Waals surface area contributed by atoms with Crippen molar-refractivity contribution in [1.29, 1.82) is 0 Å². The molecule has 0 heteroatoms. The zero-order chi connectivity index (χ0) is 27.0. The Balaban J connectivity index is 1.51. The van der Waals surface area contributed by atoms with Gasteiger partial charge in [-0.05, 0) is 55.6 Å². The molecule has 40 heavy (non-hydrogen) atoms. The lowest BCUT2D eigenvalue weighted by atomic mass is 9.99. The summed E-state index contributed by atoms with van der Waals surface area (Å²) in [4.78, 5) is 0.